The molecule has 2 aromatic rings. The van der Waals surface area contributed by atoms with Crippen molar-refractivity contribution in [3.63, 3.8) is 0 Å². The maximum absolute atomic E-state index is 12.4. The van der Waals surface area contributed by atoms with Gasteiger partial charge in [0.1, 0.15) is 17.4 Å². The Hall–Kier alpha value is -2.85. The van der Waals surface area contributed by atoms with Gasteiger partial charge in [-0.1, -0.05) is 11.8 Å². The first-order valence-electron chi connectivity index (χ1n) is 8.49. The summed E-state index contributed by atoms with van der Waals surface area (Å²) in [5, 5.41) is 15.6. The zero-order chi connectivity index (χ0) is 20.1. The van der Waals surface area contributed by atoms with Crippen LogP contribution in [0.1, 0.15) is 5.56 Å². The van der Waals surface area contributed by atoms with E-state index < -0.39 is 30.1 Å². The van der Waals surface area contributed by atoms with Crippen molar-refractivity contribution < 1.29 is 23.8 Å². The van der Waals surface area contributed by atoms with Gasteiger partial charge in [0.25, 0.3) is 5.91 Å². The molecule has 0 bridgehead atoms. The largest absolute Gasteiger partial charge is 0.497 e. The highest BCUT2D eigenvalue weighted by atomic mass is 32.2. The molecule has 2 heterocycles. The lowest BCUT2D eigenvalue weighted by molar-refractivity contribution is -0.128. The van der Waals surface area contributed by atoms with Crippen LogP contribution in [0.25, 0.3) is 11.0 Å². The van der Waals surface area contributed by atoms with E-state index in [1.165, 1.54) is 24.9 Å². The second-order valence-corrected chi connectivity index (χ2v) is 7.04. The summed E-state index contributed by atoms with van der Waals surface area (Å²) in [7, 11) is 1.49. The lowest BCUT2D eigenvalue weighted by atomic mass is 10.1. The van der Waals surface area contributed by atoms with Gasteiger partial charge in [-0.05, 0) is 17.7 Å². The summed E-state index contributed by atoms with van der Waals surface area (Å²) in [6, 6.07) is 5.04. The molecule has 0 fully saturated rings. The molecule has 0 aliphatic carbocycles. The molecule has 1 atom stereocenters. The first kappa shape index (κ1) is 19.9. The summed E-state index contributed by atoms with van der Waals surface area (Å²) in [4.78, 5) is 40.5. The molecule has 9 nitrogen and oxygen atoms in total. The number of methoxy groups -OCH3 is 1. The number of amidine groups is 1. The van der Waals surface area contributed by atoms with Crippen LogP contribution in [-0.4, -0.2) is 54.1 Å². The Morgan fingerprint density at radius 1 is 1.39 bits per heavy atom. The summed E-state index contributed by atoms with van der Waals surface area (Å²) >= 11 is 1.39. The zero-order valence-electron chi connectivity index (χ0n) is 15.1. The number of amides is 2. The summed E-state index contributed by atoms with van der Waals surface area (Å²) in [6.07, 6.45) is -0.159. The van der Waals surface area contributed by atoms with E-state index in [4.69, 9.17) is 9.15 Å². The van der Waals surface area contributed by atoms with Gasteiger partial charge in [0.05, 0.1) is 26.7 Å². The molecule has 10 heteroatoms. The lowest BCUT2D eigenvalue weighted by Gasteiger charge is -2.16. The molecule has 3 rings (SSSR count). The van der Waals surface area contributed by atoms with Crippen molar-refractivity contribution in [3.05, 3.63) is 40.2 Å². The quantitative estimate of drug-likeness (QED) is 0.579. The van der Waals surface area contributed by atoms with Crippen molar-refractivity contribution in [3.8, 4) is 5.75 Å². The third kappa shape index (κ3) is 4.70. The molecule has 1 aromatic heterocycles. The number of thioether (sulfide) groups is 1. The van der Waals surface area contributed by atoms with E-state index in [9.17, 15) is 19.5 Å². The highest BCUT2D eigenvalue weighted by molar-refractivity contribution is 8.14. The van der Waals surface area contributed by atoms with Crippen LogP contribution in [0.5, 0.6) is 5.75 Å². The van der Waals surface area contributed by atoms with Crippen LogP contribution in [0.2, 0.25) is 0 Å². The van der Waals surface area contributed by atoms with E-state index in [0.29, 0.717) is 34.0 Å². The highest BCUT2D eigenvalue weighted by Gasteiger charge is 2.23. The Labute approximate surface area is 164 Å². The lowest BCUT2D eigenvalue weighted by Crippen LogP contribution is -2.50. The molecule has 1 unspecified atom stereocenters. The molecule has 2 amide bonds. The van der Waals surface area contributed by atoms with Crippen molar-refractivity contribution in [2.75, 3.05) is 26.0 Å². The summed E-state index contributed by atoms with van der Waals surface area (Å²) in [5.41, 5.74) is 0.137. The number of carbonyl (C=O) groups excluding carboxylic acids is 2. The number of aliphatic hydroxyl groups is 1. The van der Waals surface area contributed by atoms with Gasteiger partial charge in [-0.3, -0.25) is 14.6 Å². The fraction of sp³-hybridized carbons (Fsp3) is 0.333. The van der Waals surface area contributed by atoms with Gasteiger partial charge < -0.3 is 24.9 Å². The molecule has 148 valence electrons. The Bertz CT molecular complexity index is 987. The molecule has 1 aromatic carbocycles. The number of carbonyl (C=O) groups is 2. The first-order valence-corrected chi connectivity index (χ1v) is 9.48. The van der Waals surface area contributed by atoms with Crippen molar-refractivity contribution in [1.29, 1.82) is 0 Å². The van der Waals surface area contributed by atoms with Gasteiger partial charge >= 0.3 is 5.63 Å². The van der Waals surface area contributed by atoms with Crippen LogP contribution in [0.4, 0.5) is 0 Å². The summed E-state index contributed by atoms with van der Waals surface area (Å²) in [6.45, 7) is 0.0509. The normalized spacial score (nSPS) is 14.4. The Kier molecular flexibility index (Phi) is 6.32. The number of hydrogen-bond acceptors (Lipinski definition) is 8. The number of hydrogen-bond donors (Lipinski definition) is 3. The van der Waals surface area contributed by atoms with Crippen LogP contribution >= 0.6 is 11.8 Å². The van der Waals surface area contributed by atoms with Gasteiger partial charge in [0.2, 0.25) is 5.91 Å². The SMILES string of the molecule is COc1ccc2c(CC(=O)NC(CO)C(=O)NC3=NCCS3)cc(=O)oc2c1. The molecule has 0 spiro atoms. The summed E-state index contributed by atoms with van der Waals surface area (Å²) in [5.74, 6) is 0.228. The number of ether oxygens (including phenoxy) is 1. The molecule has 3 N–H and O–H groups in total. The predicted octanol–water partition coefficient (Wildman–Crippen LogP) is 0.0402. The topological polar surface area (TPSA) is 130 Å². The molecule has 0 saturated heterocycles. The monoisotopic (exact) mass is 405 g/mol. The Balaban J connectivity index is 1.73. The molecular weight excluding hydrogens is 386 g/mol. The van der Waals surface area contributed by atoms with Crippen molar-refractivity contribution in [2.45, 2.75) is 12.5 Å². The van der Waals surface area contributed by atoms with Crippen LogP contribution in [0.15, 0.2) is 38.5 Å². The number of aliphatic imine (C=N–C) groups is 1. The average molecular weight is 405 g/mol. The third-order valence-corrected chi connectivity index (χ3v) is 4.93. The number of fused-ring (bicyclic) bond motifs is 1. The predicted molar refractivity (Wildman–Crippen MR) is 105 cm³/mol. The van der Waals surface area contributed by atoms with Crippen LogP contribution < -0.4 is 21.0 Å². The van der Waals surface area contributed by atoms with Crippen LogP contribution in [0, 0.1) is 0 Å². The second-order valence-electron chi connectivity index (χ2n) is 5.96. The van der Waals surface area contributed by atoms with E-state index in [1.54, 1.807) is 18.2 Å². The van der Waals surface area contributed by atoms with E-state index >= 15 is 0 Å². The third-order valence-electron chi connectivity index (χ3n) is 4.04. The Morgan fingerprint density at radius 3 is 2.89 bits per heavy atom. The minimum atomic E-state index is -1.12. The average Bonchev–Trinajstić information content (AvgIpc) is 3.18. The number of rotatable bonds is 6. The second kappa shape index (κ2) is 8.89. The first-order chi connectivity index (χ1) is 13.5. The number of nitrogens with one attached hydrogen (secondary N) is 2. The van der Waals surface area contributed by atoms with Crippen molar-refractivity contribution >= 4 is 39.7 Å². The smallest absolute Gasteiger partial charge is 0.336 e. The van der Waals surface area contributed by atoms with Gasteiger partial charge in [0.15, 0.2) is 5.17 Å². The molecule has 0 saturated carbocycles. The van der Waals surface area contributed by atoms with E-state index in [1.807, 2.05) is 0 Å². The standard InChI is InChI=1S/C18H19N3O6S/c1-26-11-2-3-12-10(7-16(24)27-14(12)8-11)6-15(23)20-13(9-22)17(25)21-18-19-4-5-28-18/h2-3,7-8,13,22H,4-6,9H2,1H3,(H,20,23)(H,19,21,25). The maximum Gasteiger partial charge on any atom is 0.336 e. The summed E-state index contributed by atoms with van der Waals surface area (Å²) < 4.78 is 10.3. The fourth-order valence-corrected chi connectivity index (χ4v) is 3.43. The van der Waals surface area contributed by atoms with E-state index in [-0.39, 0.29) is 6.42 Å². The molecule has 0 radical (unpaired) electrons. The minimum absolute atomic E-state index is 0.159. The maximum atomic E-state index is 12.4. The zero-order valence-corrected chi connectivity index (χ0v) is 15.9. The molecular formula is C18H19N3O6S. The molecule has 1 aliphatic rings. The van der Waals surface area contributed by atoms with Crippen LogP contribution in [-0.2, 0) is 16.0 Å². The van der Waals surface area contributed by atoms with Crippen LogP contribution in [0.3, 0.4) is 0 Å². The molecule has 1 aliphatic heterocycles. The van der Waals surface area contributed by atoms with Gasteiger partial charge in [-0.2, -0.15) is 0 Å². The van der Waals surface area contributed by atoms with Gasteiger partial charge in [-0.25, -0.2) is 4.79 Å². The van der Waals surface area contributed by atoms with E-state index in [2.05, 4.69) is 15.6 Å². The number of benzene rings is 1. The van der Waals surface area contributed by atoms with Gasteiger partial charge in [-0.15, -0.1) is 0 Å². The minimum Gasteiger partial charge on any atom is -0.497 e. The fourth-order valence-electron chi connectivity index (χ4n) is 2.70. The highest BCUT2D eigenvalue weighted by Crippen LogP contribution is 2.22. The van der Waals surface area contributed by atoms with Gasteiger partial charge in [0, 0.05) is 23.3 Å². The Morgan fingerprint density at radius 2 is 2.21 bits per heavy atom. The van der Waals surface area contributed by atoms with Crippen molar-refractivity contribution in [1.82, 2.24) is 10.6 Å². The number of aliphatic hydroxyl groups excluding tert-OH is 1. The van der Waals surface area contributed by atoms with E-state index in [0.717, 1.165) is 5.75 Å². The number of nitrogens with zero attached hydrogens (tertiary/aromatic N) is 1. The molecule has 28 heavy (non-hydrogen) atoms. The van der Waals surface area contributed by atoms with Crippen molar-refractivity contribution in [2.24, 2.45) is 4.99 Å².